The molecule has 0 amide bonds. The van der Waals surface area contributed by atoms with Crippen LogP contribution in [0.2, 0.25) is 0 Å². The van der Waals surface area contributed by atoms with E-state index in [-0.39, 0.29) is 17.8 Å². The number of fused-ring (bicyclic) bond motifs is 1. The van der Waals surface area contributed by atoms with E-state index in [1.54, 1.807) is 24.3 Å². The highest BCUT2D eigenvalue weighted by Gasteiger charge is 2.19. The number of sulfonamides is 1. The predicted molar refractivity (Wildman–Crippen MR) is 113 cm³/mol. The van der Waals surface area contributed by atoms with Crippen molar-refractivity contribution in [1.82, 2.24) is 5.32 Å². The molecule has 0 radical (unpaired) electrons. The lowest BCUT2D eigenvalue weighted by atomic mass is 10.2. The predicted octanol–water partition coefficient (Wildman–Crippen LogP) is 2.89. The number of hydrogen-bond acceptors (Lipinski definition) is 6. The Morgan fingerprint density at radius 2 is 1.83 bits per heavy atom. The van der Waals surface area contributed by atoms with Crippen LogP contribution in [0, 0.1) is 5.92 Å². The molecule has 0 aliphatic carbocycles. The molecule has 1 aliphatic rings. The van der Waals surface area contributed by atoms with E-state index in [9.17, 15) is 8.42 Å². The minimum Gasteiger partial charge on any atom is -0.492 e. The lowest BCUT2D eigenvalue weighted by Crippen LogP contribution is -2.39. The van der Waals surface area contributed by atoms with Gasteiger partial charge in [0.05, 0.1) is 5.75 Å². The van der Waals surface area contributed by atoms with Gasteiger partial charge in [0.2, 0.25) is 10.0 Å². The monoisotopic (exact) mass is 420 g/mol. The Labute approximate surface area is 172 Å². The number of para-hydroxylation sites is 2. The first-order chi connectivity index (χ1) is 13.9. The van der Waals surface area contributed by atoms with Crippen molar-refractivity contribution in [3.05, 3.63) is 48.5 Å². The third kappa shape index (κ3) is 6.83. The van der Waals surface area contributed by atoms with Crippen molar-refractivity contribution >= 4 is 15.7 Å². The number of nitrogens with one attached hydrogen (secondary N) is 2. The van der Waals surface area contributed by atoms with Crippen molar-refractivity contribution in [3.63, 3.8) is 0 Å². The van der Waals surface area contributed by atoms with E-state index in [1.165, 1.54) is 0 Å². The molecule has 1 unspecified atom stereocenters. The molecule has 1 atom stereocenters. The maximum Gasteiger partial charge on any atom is 0.232 e. The van der Waals surface area contributed by atoms with Crippen LogP contribution in [0.25, 0.3) is 0 Å². The summed E-state index contributed by atoms with van der Waals surface area (Å²) in [5.41, 5.74) is 0.533. The highest BCUT2D eigenvalue weighted by Crippen LogP contribution is 2.30. The Kier molecular flexibility index (Phi) is 7.22. The molecule has 158 valence electrons. The van der Waals surface area contributed by atoms with Crippen LogP contribution in [-0.4, -0.2) is 46.6 Å². The average molecular weight is 421 g/mol. The van der Waals surface area contributed by atoms with Gasteiger partial charge in [0, 0.05) is 18.8 Å². The average Bonchev–Trinajstić information content (AvgIpc) is 2.67. The molecule has 0 fully saturated rings. The molecule has 2 N–H and O–H groups in total. The van der Waals surface area contributed by atoms with Crippen LogP contribution in [0.15, 0.2) is 48.5 Å². The zero-order chi connectivity index (χ0) is 20.7. The summed E-state index contributed by atoms with van der Waals surface area (Å²) in [5, 5.41) is 3.30. The van der Waals surface area contributed by atoms with Gasteiger partial charge in [0.1, 0.15) is 25.1 Å². The van der Waals surface area contributed by atoms with Crippen molar-refractivity contribution in [2.75, 3.05) is 36.8 Å². The summed E-state index contributed by atoms with van der Waals surface area (Å²) in [7, 11) is -3.32. The lowest BCUT2D eigenvalue weighted by Gasteiger charge is -2.26. The number of anilines is 1. The van der Waals surface area contributed by atoms with Gasteiger partial charge >= 0.3 is 0 Å². The number of benzene rings is 2. The van der Waals surface area contributed by atoms with Crippen LogP contribution in [0.4, 0.5) is 5.69 Å². The Morgan fingerprint density at radius 1 is 1.10 bits per heavy atom. The highest BCUT2D eigenvalue weighted by molar-refractivity contribution is 7.92. The topological polar surface area (TPSA) is 85.9 Å². The molecule has 29 heavy (non-hydrogen) atoms. The van der Waals surface area contributed by atoms with E-state index < -0.39 is 10.0 Å². The summed E-state index contributed by atoms with van der Waals surface area (Å²) in [4.78, 5) is 0. The molecule has 2 aromatic rings. The Bertz CT molecular complexity index is 884. The molecule has 0 bridgehead atoms. The first-order valence-corrected chi connectivity index (χ1v) is 11.4. The summed E-state index contributed by atoms with van der Waals surface area (Å²) in [6, 6.07) is 14.5. The molecule has 0 saturated heterocycles. The highest BCUT2D eigenvalue weighted by atomic mass is 32.2. The zero-order valence-corrected chi connectivity index (χ0v) is 17.6. The number of rotatable bonds is 10. The lowest BCUT2D eigenvalue weighted by molar-refractivity contribution is 0.0897. The van der Waals surface area contributed by atoms with Gasteiger partial charge in [-0.15, -0.1) is 0 Å². The van der Waals surface area contributed by atoms with Crippen molar-refractivity contribution in [1.29, 1.82) is 0 Å². The largest absolute Gasteiger partial charge is 0.492 e. The van der Waals surface area contributed by atoms with Gasteiger partial charge in [-0.1, -0.05) is 26.0 Å². The molecule has 1 heterocycles. The molecule has 0 aromatic heterocycles. The molecule has 0 spiro atoms. The fourth-order valence-electron chi connectivity index (χ4n) is 2.95. The molecule has 0 saturated carbocycles. The second-order valence-electron chi connectivity index (χ2n) is 7.35. The van der Waals surface area contributed by atoms with Crippen LogP contribution in [0.5, 0.6) is 17.2 Å². The number of ether oxygens (including phenoxy) is 3. The second kappa shape index (κ2) is 9.84. The van der Waals surface area contributed by atoms with Crippen molar-refractivity contribution < 1.29 is 22.6 Å². The molecule has 7 nitrogen and oxygen atoms in total. The minimum atomic E-state index is -3.32. The summed E-state index contributed by atoms with van der Waals surface area (Å²) in [6.07, 6.45) is -0.0388. The van der Waals surface area contributed by atoms with E-state index in [4.69, 9.17) is 14.2 Å². The maximum atomic E-state index is 12.0. The smallest absolute Gasteiger partial charge is 0.232 e. The first kappa shape index (κ1) is 21.3. The molecule has 3 rings (SSSR count). The maximum absolute atomic E-state index is 12.0. The minimum absolute atomic E-state index is 0.0388. The van der Waals surface area contributed by atoms with E-state index in [1.807, 2.05) is 38.1 Å². The van der Waals surface area contributed by atoms with Crippen molar-refractivity contribution in [2.45, 2.75) is 20.0 Å². The van der Waals surface area contributed by atoms with Crippen LogP contribution < -0.4 is 24.2 Å². The van der Waals surface area contributed by atoms with Gasteiger partial charge in [-0.25, -0.2) is 8.42 Å². The Hall–Kier alpha value is -2.45. The second-order valence-corrected chi connectivity index (χ2v) is 9.12. The number of hydrogen-bond donors (Lipinski definition) is 2. The van der Waals surface area contributed by atoms with Crippen LogP contribution in [0.3, 0.4) is 0 Å². The van der Waals surface area contributed by atoms with Crippen LogP contribution in [0.1, 0.15) is 13.8 Å². The van der Waals surface area contributed by atoms with Gasteiger partial charge < -0.3 is 19.5 Å². The summed E-state index contributed by atoms with van der Waals surface area (Å²) in [5.74, 6) is 2.40. The molecule has 2 aromatic carbocycles. The summed E-state index contributed by atoms with van der Waals surface area (Å²) in [6.45, 7) is 6.06. The summed E-state index contributed by atoms with van der Waals surface area (Å²) < 4.78 is 43.8. The fraction of sp³-hybridized carbons (Fsp3) is 0.429. The van der Waals surface area contributed by atoms with E-state index in [0.29, 0.717) is 37.7 Å². The van der Waals surface area contributed by atoms with Crippen LogP contribution in [-0.2, 0) is 10.0 Å². The van der Waals surface area contributed by atoms with Crippen molar-refractivity contribution in [2.24, 2.45) is 5.92 Å². The van der Waals surface area contributed by atoms with E-state index >= 15 is 0 Å². The van der Waals surface area contributed by atoms with E-state index in [0.717, 1.165) is 11.5 Å². The molecule has 8 heteroatoms. The zero-order valence-electron chi connectivity index (χ0n) is 16.8. The normalized spacial score (nSPS) is 15.9. The molecular formula is C21H28N2O5S. The van der Waals surface area contributed by atoms with Gasteiger partial charge in [-0.3, -0.25) is 4.72 Å². The molecule has 1 aliphatic heterocycles. The summed E-state index contributed by atoms with van der Waals surface area (Å²) >= 11 is 0. The standard InChI is InChI=1S/C21H28N2O5S/c1-16(2)15-29(24,25)23-17-7-9-18(10-8-17)26-12-11-22-13-19-14-27-20-5-3-4-6-21(20)28-19/h3-10,16,19,22-23H,11-15H2,1-2H3. The Morgan fingerprint density at radius 3 is 2.55 bits per heavy atom. The fourth-order valence-corrected chi connectivity index (χ4v) is 4.40. The van der Waals surface area contributed by atoms with Crippen LogP contribution >= 0.6 is 0 Å². The third-order valence-electron chi connectivity index (χ3n) is 4.17. The SMILES string of the molecule is CC(C)CS(=O)(=O)Nc1ccc(OCCNCC2COc3ccccc3O2)cc1. The Balaban J connectivity index is 1.35. The molecular weight excluding hydrogens is 392 g/mol. The quantitative estimate of drug-likeness (QED) is 0.575. The van der Waals surface area contributed by atoms with Gasteiger partial charge in [-0.2, -0.15) is 0 Å². The van der Waals surface area contributed by atoms with Gasteiger partial charge in [0.25, 0.3) is 0 Å². The van der Waals surface area contributed by atoms with E-state index in [2.05, 4.69) is 10.0 Å². The first-order valence-electron chi connectivity index (χ1n) is 9.74. The van der Waals surface area contributed by atoms with Crippen molar-refractivity contribution in [3.8, 4) is 17.2 Å². The third-order valence-corrected chi connectivity index (χ3v) is 5.82. The van der Waals surface area contributed by atoms with Gasteiger partial charge in [-0.05, 0) is 42.3 Å². The van der Waals surface area contributed by atoms with Gasteiger partial charge in [0.15, 0.2) is 11.5 Å².